The van der Waals surface area contributed by atoms with Crippen molar-refractivity contribution in [2.45, 2.75) is 51.6 Å². The molecule has 1 aliphatic carbocycles. The monoisotopic (exact) mass is 210 g/mol. The smallest absolute Gasteiger partial charge is 0.0980 e. The van der Waals surface area contributed by atoms with Crippen molar-refractivity contribution in [2.24, 2.45) is 5.92 Å². The van der Waals surface area contributed by atoms with E-state index in [4.69, 9.17) is 9.47 Å². The molecule has 2 nitrogen and oxygen atoms in total. The summed E-state index contributed by atoms with van der Waals surface area (Å²) in [5, 5.41) is 0. The molecule has 0 amide bonds. The Morgan fingerprint density at radius 3 is 2.60 bits per heavy atom. The average molecular weight is 210 g/mol. The van der Waals surface area contributed by atoms with Crippen LogP contribution in [-0.2, 0) is 9.47 Å². The third-order valence-corrected chi connectivity index (χ3v) is 3.62. The summed E-state index contributed by atoms with van der Waals surface area (Å²) in [5.74, 6) is 0.692. The van der Waals surface area contributed by atoms with Crippen LogP contribution in [0.15, 0.2) is 11.8 Å². The van der Waals surface area contributed by atoms with E-state index in [1.165, 1.54) is 31.3 Å². The van der Waals surface area contributed by atoms with Crippen molar-refractivity contribution in [1.29, 1.82) is 0 Å². The number of hydrogen-bond acceptors (Lipinski definition) is 2. The van der Waals surface area contributed by atoms with Crippen molar-refractivity contribution < 1.29 is 9.47 Å². The minimum absolute atomic E-state index is 0.363. The van der Waals surface area contributed by atoms with Gasteiger partial charge in [0, 0.05) is 13.2 Å². The maximum atomic E-state index is 5.85. The van der Waals surface area contributed by atoms with Gasteiger partial charge in [0.1, 0.15) is 0 Å². The molecule has 0 aromatic heterocycles. The van der Waals surface area contributed by atoms with Gasteiger partial charge in [-0.25, -0.2) is 0 Å². The molecule has 2 aliphatic rings. The summed E-state index contributed by atoms with van der Waals surface area (Å²) >= 11 is 0. The lowest BCUT2D eigenvalue weighted by Gasteiger charge is -2.27. The molecule has 1 unspecified atom stereocenters. The Labute approximate surface area is 92.6 Å². The molecule has 1 atom stereocenters. The molecule has 0 aromatic carbocycles. The molecule has 86 valence electrons. The molecule has 1 aliphatic heterocycles. The summed E-state index contributed by atoms with van der Waals surface area (Å²) in [6, 6.07) is 0. The zero-order valence-electron chi connectivity index (χ0n) is 9.71. The Morgan fingerprint density at radius 1 is 1.27 bits per heavy atom. The van der Waals surface area contributed by atoms with Crippen LogP contribution in [0.1, 0.15) is 45.4 Å². The van der Waals surface area contributed by atoms with Gasteiger partial charge in [0.2, 0.25) is 0 Å². The fourth-order valence-corrected chi connectivity index (χ4v) is 2.45. The van der Waals surface area contributed by atoms with Gasteiger partial charge in [0.05, 0.1) is 12.4 Å². The van der Waals surface area contributed by atoms with Crippen LogP contribution in [0.2, 0.25) is 0 Å². The van der Waals surface area contributed by atoms with Gasteiger partial charge >= 0.3 is 0 Å². The highest BCUT2D eigenvalue weighted by Gasteiger charge is 2.21. The van der Waals surface area contributed by atoms with E-state index in [1.54, 1.807) is 0 Å². The second-order valence-corrected chi connectivity index (χ2v) is 4.77. The van der Waals surface area contributed by atoms with E-state index >= 15 is 0 Å². The Balaban J connectivity index is 1.75. The maximum Gasteiger partial charge on any atom is 0.0980 e. The topological polar surface area (TPSA) is 18.5 Å². The molecule has 0 N–H and O–H groups in total. The van der Waals surface area contributed by atoms with Crippen LogP contribution >= 0.6 is 0 Å². The third-order valence-electron chi connectivity index (χ3n) is 3.62. The van der Waals surface area contributed by atoms with Crippen LogP contribution in [0, 0.1) is 5.92 Å². The number of allylic oxidation sites excluding steroid dienone is 1. The molecular formula is C13H22O2. The lowest BCUT2D eigenvalue weighted by molar-refractivity contribution is 0.00835. The lowest BCUT2D eigenvalue weighted by atomic mass is 9.95. The standard InChI is InChI=1S/C13H22O2/c1-11(13-6-8-14-9-7-13)15-10-12-4-2-3-5-12/h10-11,13H,2-9H2,1H3. The van der Waals surface area contributed by atoms with E-state index in [1.807, 2.05) is 6.26 Å². The van der Waals surface area contributed by atoms with Crippen LogP contribution < -0.4 is 0 Å². The van der Waals surface area contributed by atoms with E-state index in [2.05, 4.69) is 6.92 Å². The van der Waals surface area contributed by atoms with Gasteiger partial charge in [0.15, 0.2) is 0 Å². The van der Waals surface area contributed by atoms with Crippen LogP contribution in [0.3, 0.4) is 0 Å². The minimum atomic E-state index is 0.363. The summed E-state index contributed by atoms with van der Waals surface area (Å²) < 4.78 is 11.2. The molecule has 2 heteroatoms. The summed E-state index contributed by atoms with van der Waals surface area (Å²) in [5.41, 5.74) is 1.51. The van der Waals surface area contributed by atoms with Gasteiger partial charge in [-0.3, -0.25) is 0 Å². The first-order chi connectivity index (χ1) is 7.36. The zero-order chi connectivity index (χ0) is 10.5. The van der Waals surface area contributed by atoms with Crippen molar-refractivity contribution in [3.05, 3.63) is 11.8 Å². The van der Waals surface area contributed by atoms with Crippen molar-refractivity contribution in [3.8, 4) is 0 Å². The minimum Gasteiger partial charge on any atom is -0.498 e. The van der Waals surface area contributed by atoms with Gasteiger partial charge < -0.3 is 9.47 Å². The first kappa shape index (κ1) is 11.0. The zero-order valence-corrected chi connectivity index (χ0v) is 9.71. The Bertz CT molecular complexity index is 209. The quantitative estimate of drug-likeness (QED) is 0.666. The van der Waals surface area contributed by atoms with Crippen molar-refractivity contribution in [2.75, 3.05) is 13.2 Å². The fourth-order valence-electron chi connectivity index (χ4n) is 2.45. The first-order valence-corrected chi connectivity index (χ1v) is 6.27. The molecule has 2 fully saturated rings. The number of hydrogen-bond donors (Lipinski definition) is 0. The molecule has 0 aromatic rings. The largest absolute Gasteiger partial charge is 0.498 e. The second kappa shape index (κ2) is 5.55. The van der Waals surface area contributed by atoms with Crippen LogP contribution in [0.5, 0.6) is 0 Å². The highest BCUT2D eigenvalue weighted by atomic mass is 16.5. The summed E-state index contributed by atoms with van der Waals surface area (Å²) in [6.45, 7) is 4.02. The predicted octanol–water partition coefficient (Wildman–Crippen LogP) is 3.28. The van der Waals surface area contributed by atoms with Gasteiger partial charge in [0.25, 0.3) is 0 Å². The average Bonchev–Trinajstić information content (AvgIpc) is 2.80. The van der Waals surface area contributed by atoms with E-state index in [0.717, 1.165) is 26.1 Å². The third kappa shape index (κ3) is 3.23. The van der Waals surface area contributed by atoms with E-state index in [-0.39, 0.29) is 0 Å². The van der Waals surface area contributed by atoms with Crippen LogP contribution in [0.4, 0.5) is 0 Å². The second-order valence-electron chi connectivity index (χ2n) is 4.77. The maximum absolute atomic E-state index is 5.85. The lowest BCUT2D eigenvalue weighted by Crippen LogP contribution is -2.26. The van der Waals surface area contributed by atoms with Crippen LogP contribution in [-0.4, -0.2) is 19.3 Å². The highest BCUT2D eigenvalue weighted by molar-refractivity contribution is 5.02. The molecule has 15 heavy (non-hydrogen) atoms. The molecule has 0 bridgehead atoms. The molecule has 1 saturated carbocycles. The molecule has 0 spiro atoms. The highest BCUT2D eigenvalue weighted by Crippen LogP contribution is 2.26. The Hall–Kier alpha value is -0.500. The van der Waals surface area contributed by atoms with Crippen molar-refractivity contribution in [1.82, 2.24) is 0 Å². The molecule has 1 heterocycles. The Morgan fingerprint density at radius 2 is 1.93 bits per heavy atom. The number of rotatable bonds is 3. The van der Waals surface area contributed by atoms with Gasteiger partial charge in [-0.05, 0) is 56.9 Å². The number of ether oxygens (including phenoxy) is 2. The van der Waals surface area contributed by atoms with E-state index in [0.29, 0.717) is 12.0 Å². The molecule has 2 rings (SSSR count). The fraction of sp³-hybridized carbons (Fsp3) is 0.846. The molecule has 1 saturated heterocycles. The van der Waals surface area contributed by atoms with E-state index < -0.39 is 0 Å². The normalized spacial score (nSPS) is 25.3. The Kier molecular flexibility index (Phi) is 4.07. The predicted molar refractivity (Wildman–Crippen MR) is 60.6 cm³/mol. The van der Waals surface area contributed by atoms with Crippen molar-refractivity contribution >= 4 is 0 Å². The van der Waals surface area contributed by atoms with Gasteiger partial charge in [-0.15, -0.1) is 0 Å². The van der Waals surface area contributed by atoms with Crippen molar-refractivity contribution in [3.63, 3.8) is 0 Å². The van der Waals surface area contributed by atoms with Gasteiger partial charge in [-0.1, -0.05) is 0 Å². The van der Waals surface area contributed by atoms with Gasteiger partial charge in [-0.2, -0.15) is 0 Å². The molecule has 0 radical (unpaired) electrons. The van der Waals surface area contributed by atoms with Crippen LogP contribution in [0.25, 0.3) is 0 Å². The molecular weight excluding hydrogens is 188 g/mol. The summed E-state index contributed by atoms with van der Waals surface area (Å²) in [7, 11) is 0. The SMILES string of the molecule is CC(OC=C1CCCC1)C1CCOCC1. The van der Waals surface area contributed by atoms with E-state index in [9.17, 15) is 0 Å². The summed E-state index contributed by atoms with van der Waals surface area (Å²) in [4.78, 5) is 0. The first-order valence-electron chi connectivity index (χ1n) is 6.27. The summed E-state index contributed by atoms with van der Waals surface area (Å²) in [6.07, 6.45) is 9.91.